The first-order valence-electron chi connectivity index (χ1n) is 6.82. The van der Waals surface area contributed by atoms with Gasteiger partial charge < -0.3 is 10.4 Å². The fourth-order valence-corrected chi connectivity index (χ4v) is 4.95. The number of thioether (sulfide) groups is 1. The second-order valence-electron chi connectivity index (χ2n) is 5.48. The molecule has 1 aromatic rings. The highest BCUT2D eigenvalue weighted by molar-refractivity contribution is 7.98. The van der Waals surface area contributed by atoms with Crippen LogP contribution in [0.15, 0.2) is 6.07 Å². The number of hydrogen-bond donors (Lipinski definition) is 2. The molecule has 6 heteroatoms. The van der Waals surface area contributed by atoms with E-state index in [1.54, 1.807) is 11.3 Å². The summed E-state index contributed by atoms with van der Waals surface area (Å²) < 4.78 is 0. The highest BCUT2D eigenvalue weighted by Crippen LogP contribution is 2.40. The molecule has 2 N–H and O–H groups in total. The Bertz CT molecular complexity index is 525. The third-order valence-electron chi connectivity index (χ3n) is 4.20. The molecule has 0 saturated heterocycles. The number of amides is 1. The first-order chi connectivity index (χ1) is 9.61. The topological polar surface area (TPSA) is 66.4 Å². The SMILES string of the molecule is O=C(NCC1(C(=O)O)CCC1)c1cc2c(s1)CCSC2. The van der Waals surface area contributed by atoms with Gasteiger partial charge in [-0.15, -0.1) is 11.3 Å². The molecule has 0 radical (unpaired) electrons. The Labute approximate surface area is 125 Å². The molecule has 1 fully saturated rings. The number of nitrogens with one attached hydrogen (secondary N) is 1. The van der Waals surface area contributed by atoms with Crippen LogP contribution in [0.4, 0.5) is 0 Å². The summed E-state index contributed by atoms with van der Waals surface area (Å²) in [5, 5.41) is 12.1. The molecule has 0 atom stereocenters. The summed E-state index contributed by atoms with van der Waals surface area (Å²) in [4.78, 5) is 25.5. The van der Waals surface area contributed by atoms with Gasteiger partial charge in [0.05, 0.1) is 10.3 Å². The van der Waals surface area contributed by atoms with Gasteiger partial charge in [-0.05, 0) is 36.6 Å². The third kappa shape index (κ3) is 2.46. The highest BCUT2D eigenvalue weighted by atomic mass is 32.2. The van der Waals surface area contributed by atoms with Crippen LogP contribution in [0.25, 0.3) is 0 Å². The number of rotatable bonds is 4. The molecule has 1 aromatic heterocycles. The van der Waals surface area contributed by atoms with Gasteiger partial charge in [0, 0.05) is 17.2 Å². The number of hydrogen-bond acceptors (Lipinski definition) is 4. The summed E-state index contributed by atoms with van der Waals surface area (Å²) in [5.74, 6) is 1.20. The minimum atomic E-state index is -0.786. The summed E-state index contributed by atoms with van der Waals surface area (Å²) in [5.41, 5.74) is 0.551. The molecule has 2 aliphatic rings. The van der Waals surface area contributed by atoms with E-state index >= 15 is 0 Å². The van der Waals surface area contributed by atoms with E-state index in [0.717, 1.165) is 29.2 Å². The van der Waals surface area contributed by atoms with Crippen LogP contribution in [0.1, 0.15) is 39.4 Å². The first kappa shape index (κ1) is 13.9. The molecule has 20 heavy (non-hydrogen) atoms. The van der Waals surface area contributed by atoms with Crippen LogP contribution < -0.4 is 5.32 Å². The number of thiophene rings is 1. The van der Waals surface area contributed by atoms with Crippen LogP contribution in [0.3, 0.4) is 0 Å². The van der Waals surface area contributed by atoms with Gasteiger partial charge in [0.15, 0.2) is 0 Å². The van der Waals surface area contributed by atoms with Crippen LogP contribution in [0, 0.1) is 5.41 Å². The molecule has 0 aromatic carbocycles. The molecule has 0 unspecified atom stereocenters. The van der Waals surface area contributed by atoms with Crippen molar-refractivity contribution in [3.63, 3.8) is 0 Å². The lowest BCUT2D eigenvalue weighted by Gasteiger charge is -2.37. The highest BCUT2D eigenvalue weighted by Gasteiger charge is 2.44. The molecule has 0 spiro atoms. The minimum absolute atomic E-state index is 0.123. The molecule has 1 aliphatic carbocycles. The van der Waals surface area contributed by atoms with E-state index in [1.165, 1.54) is 10.4 Å². The van der Waals surface area contributed by atoms with Crippen LogP contribution in [0.2, 0.25) is 0 Å². The second kappa shape index (κ2) is 5.41. The van der Waals surface area contributed by atoms with Crippen LogP contribution in [-0.4, -0.2) is 29.3 Å². The molecule has 3 rings (SSSR count). The molecule has 4 nitrogen and oxygen atoms in total. The van der Waals surface area contributed by atoms with Crippen LogP contribution in [-0.2, 0) is 17.0 Å². The predicted molar refractivity (Wildman–Crippen MR) is 80.4 cm³/mol. The Morgan fingerprint density at radius 2 is 2.20 bits per heavy atom. The van der Waals surface area contributed by atoms with Crippen molar-refractivity contribution in [2.24, 2.45) is 5.41 Å². The van der Waals surface area contributed by atoms with Crippen molar-refractivity contribution in [1.29, 1.82) is 0 Å². The number of aliphatic carboxylic acids is 1. The fourth-order valence-electron chi connectivity index (χ4n) is 2.67. The summed E-state index contributed by atoms with van der Waals surface area (Å²) >= 11 is 3.45. The smallest absolute Gasteiger partial charge is 0.311 e. The Kier molecular flexibility index (Phi) is 3.77. The molecule has 2 heterocycles. The van der Waals surface area contributed by atoms with Gasteiger partial charge in [0.25, 0.3) is 5.91 Å². The van der Waals surface area contributed by atoms with Gasteiger partial charge in [-0.25, -0.2) is 0 Å². The van der Waals surface area contributed by atoms with E-state index in [4.69, 9.17) is 0 Å². The van der Waals surface area contributed by atoms with E-state index in [1.807, 2.05) is 17.8 Å². The van der Waals surface area contributed by atoms with Gasteiger partial charge in [-0.2, -0.15) is 11.8 Å². The third-order valence-corrected chi connectivity index (χ3v) is 6.45. The first-order valence-corrected chi connectivity index (χ1v) is 8.79. The molecule has 1 saturated carbocycles. The van der Waals surface area contributed by atoms with Crippen LogP contribution >= 0.6 is 23.1 Å². The zero-order valence-electron chi connectivity index (χ0n) is 11.1. The summed E-state index contributed by atoms with van der Waals surface area (Å²) in [6.07, 6.45) is 3.31. The second-order valence-corrected chi connectivity index (χ2v) is 7.73. The number of aryl methyl sites for hydroxylation is 1. The summed E-state index contributed by atoms with van der Waals surface area (Å²) in [6.45, 7) is 0.248. The van der Waals surface area contributed by atoms with Gasteiger partial charge in [0.1, 0.15) is 0 Å². The zero-order valence-corrected chi connectivity index (χ0v) is 12.7. The lowest BCUT2D eigenvalue weighted by atomic mass is 9.69. The van der Waals surface area contributed by atoms with Crippen LogP contribution in [0.5, 0.6) is 0 Å². The Balaban J connectivity index is 1.64. The van der Waals surface area contributed by atoms with Crippen molar-refractivity contribution >= 4 is 35.0 Å². The number of carboxylic acid groups (broad SMARTS) is 1. The van der Waals surface area contributed by atoms with E-state index in [-0.39, 0.29) is 12.5 Å². The Hall–Kier alpha value is -1.01. The fraction of sp³-hybridized carbons (Fsp3) is 0.571. The lowest BCUT2D eigenvalue weighted by molar-refractivity contribution is -0.153. The average Bonchev–Trinajstić information content (AvgIpc) is 2.80. The lowest BCUT2D eigenvalue weighted by Crippen LogP contribution is -2.47. The molecule has 108 valence electrons. The maximum Gasteiger partial charge on any atom is 0.311 e. The molecule has 0 bridgehead atoms. The zero-order chi connectivity index (χ0) is 14.2. The maximum atomic E-state index is 12.2. The summed E-state index contributed by atoms with van der Waals surface area (Å²) in [6, 6.07) is 1.97. The van der Waals surface area contributed by atoms with Crippen molar-refractivity contribution in [1.82, 2.24) is 5.32 Å². The Morgan fingerprint density at radius 1 is 1.40 bits per heavy atom. The van der Waals surface area contributed by atoms with E-state index in [9.17, 15) is 14.7 Å². The van der Waals surface area contributed by atoms with E-state index in [0.29, 0.717) is 12.8 Å². The molecular weight excluding hydrogens is 294 g/mol. The minimum Gasteiger partial charge on any atom is -0.481 e. The largest absolute Gasteiger partial charge is 0.481 e. The van der Waals surface area contributed by atoms with Crippen molar-refractivity contribution in [3.8, 4) is 0 Å². The Morgan fingerprint density at radius 3 is 2.80 bits per heavy atom. The summed E-state index contributed by atoms with van der Waals surface area (Å²) in [7, 11) is 0. The van der Waals surface area contributed by atoms with Gasteiger partial charge in [0.2, 0.25) is 0 Å². The number of carbonyl (C=O) groups is 2. The maximum absolute atomic E-state index is 12.2. The van der Waals surface area contributed by atoms with Gasteiger partial charge in [-0.1, -0.05) is 6.42 Å². The van der Waals surface area contributed by atoms with Gasteiger partial charge >= 0.3 is 5.97 Å². The van der Waals surface area contributed by atoms with Crippen molar-refractivity contribution in [2.45, 2.75) is 31.4 Å². The predicted octanol–water partition coefficient (Wildman–Crippen LogP) is 2.52. The quantitative estimate of drug-likeness (QED) is 0.896. The molecule has 1 aliphatic heterocycles. The van der Waals surface area contributed by atoms with E-state index < -0.39 is 11.4 Å². The standard InChI is InChI=1S/C14H17NO3S2/c16-12(15-8-14(13(17)18)3-1-4-14)11-6-9-7-19-5-2-10(9)20-11/h6H,1-5,7-8H2,(H,15,16)(H,17,18). The van der Waals surface area contributed by atoms with Crippen molar-refractivity contribution in [2.75, 3.05) is 12.3 Å². The van der Waals surface area contributed by atoms with Crippen molar-refractivity contribution in [3.05, 3.63) is 21.4 Å². The number of carboxylic acids is 1. The van der Waals surface area contributed by atoms with E-state index in [2.05, 4.69) is 5.32 Å². The van der Waals surface area contributed by atoms with Crippen molar-refractivity contribution < 1.29 is 14.7 Å². The number of carbonyl (C=O) groups excluding carboxylic acids is 1. The molecular formula is C14H17NO3S2. The normalized spacial score (nSPS) is 19.8. The average molecular weight is 311 g/mol. The van der Waals surface area contributed by atoms with Gasteiger partial charge in [-0.3, -0.25) is 9.59 Å². The number of fused-ring (bicyclic) bond motifs is 1. The molecule has 1 amide bonds. The monoisotopic (exact) mass is 311 g/mol.